The van der Waals surface area contributed by atoms with Gasteiger partial charge in [-0.25, -0.2) is 14.5 Å². The second-order valence-corrected chi connectivity index (χ2v) is 7.50. The Bertz CT molecular complexity index is 948. The Balaban J connectivity index is 0.000000273. The van der Waals surface area contributed by atoms with Crippen LogP contribution in [-0.4, -0.2) is 39.8 Å². The highest BCUT2D eigenvalue weighted by Crippen LogP contribution is 2.43. The lowest BCUT2D eigenvalue weighted by Crippen LogP contribution is -2.21. The minimum atomic E-state index is 0.490. The molecule has 4 heterocycles. The molecule has 162 valence electrons. The van der Waals surface area contributed by atoms with Crippen molar-refractivity contribution in [2.75, 3.05) is 25.9 Å². The van der Waals surface area contributed by atoms with Gasteiger partial charge in [0.05, 0.1) is 19.0 Å². The molecule has 30 heavy (non-hydrogen) atoms. The summed E-state index contributed by atoms with van der Waals surface area (Å²) in [6, 6.07) is 5.70. The van der Waals surface area contributed by atoms with Gasteiger partial charge in [0, 0.05) is 12.0 Å². The molecular weight excluding hydrogens is 376 g/mol. The Morgan fingerprint density at radius 1 is 1.13 bits per heavy atom. The molecule has 0 amide bonds. The van der Waals surface area contributed by atoms with Crippen molar-refractivity contribution >= 4 is 11.5 Å². The molecule has 5 rings (SSSR count). The van der Waals surface area contributed by atoms with Crippen LogP contribution in [0.1, 0.15) is 63.1 Å². The lowest BCUT2D eigenvalue weighted by Gasteiger charge is -2.09. The fourth-order valence-corrected chi connectivity index (χ4v) is 3.48. The van der Waals surface area contributed by atoms with E-state index in [2.05, 4.69) is 15.3 Å². The van der Waals surface area contributed by atoms with Gasteiger partial charge in [0.1, 0.15) is 23.0 Å². The molecule has 3 aromatic rings. The normalized spacial score (nSPS) is 15.6. The summed E-state index contributed by atoms with van der Waals surface area (Å²) in [7, 11) is 1.67. The minimum Gasteiger partial charge on any atom is -0.495 e. The van der Waals surface area contributed by atoms with Crippen molar-refractivity contribution in [3.8, 4) is 17.1 Å². The molecule has 0 aromatic carbocycles. The average molecular weight is 411 g/mol. The lowest BCUT2D eigenvalue weighted by atomic mass is 10.2. The number of anilines is 1. The topological polar surface area (TPSA) is 90.4 Å². The van der Waals surface area contributed by atoms with Crippen molar-refractivity contribution in [1.82, 2.24) is 24.9 Å². The number of nitrogen functional groups attached to an aromatic ring is 1. The molecule has 1 saturated heterocycles. The molecule has 2 aliphatic rings. The molecule has 1 saturated carbocycles. The first kappa shape index (κ1) is 22.0. The van der Waals surface area contributed by atoms with Crippen LogP contribution >= 0.6 is 0 Å². The number of aromatic nitrogens is 4. The first-order valence-electron chi connectivity index (χ1n) is 11.0. The zero-order valence-electron chi connectivity index (χ0n) is 18.6. The number of pyridine rings is 1. The average Bonchev–Trinajstić information content (AvgIpc) is 3.57. The fraction of sp³-hybridized carbons (Fsp3) is 0.522. The van der Waals surface area contributed by atoms with E-state index >= 15 is 0 Å². The Morgan fingerprint density at radius 3 is 2.43 bits per heavy atom. The summed E-state index contributed by atoms with van der Waals surface area (Å²) >= 11 is 0. The van der Waals surface area contributed by atoms with Gasteiger partial charge in [-0.1, -0.05) is 26.3 Å². The summed E-state index contributed by atoms with van der Waals surface area (Å²) in [5.41, 5.74) is 10.3. The van der Waals surface area contributed by atoms with Gasteiger partial charge in [0.2, 0.25) is 0 Å². The van der Waals surface area contributed by atoms with Crippen LogP contribution in [0.3, 0.4) is 0 Å². The van der Waals surface area contributed by atoms with Crippen LogP contribution in [-0.2, 0) is 0 Å². The SMILES string of the molecule is C1CCNCC1.CC.COc1cc2ncc(-c3nc(N)ccc3C)n2nc1C1CC1. The third-order valence-electron chi connectivity index (χ3n) is 5.24. The number of nitrogens with zero attached hydrogens (tertiary/aromatic N) is 4. The third-order valence-corrected chi connectivity index (χ3v) is 5.24. The van der Waals surface area contributed by atoms with Gasteiger partial charge in [-0.05, 0) is 57.3 Å². The van der Waals surface area contributed by atoms with E-state index in [0.717, 1.165) is 46.9 Å². The van der Waals surface area contributed by atoms with E-state index in [4.69, 9.17) is 15.6 Å². The number of aryl methyl sites for hydroxylation is 1. The first-order valence-corrected chi connectivity index (χ1v) is 11.0. The summed E-state index contributed by atoms with van der Waals surface area (Å²) in [5, 5.41) is 8.05. The minimum absolute atomic E-state index is 0.490. The Morgan fingerprint density at radius 2 is 1.87 bits per heavy atom. The van der Waals surface area contributed by atoms with Crippen LogP contribution in [0, 0.1) is 6.92 Å². The van der Waals surface area contributed by atoms with Gasteiger partial charge >= 0.3 is 0 Å². The maximum Gasteiger partial charge on any atom is 0.157 e. The van der Waals surface area contributed by atoms with Crippen LogP contribution in [0.4, 0.5) is 5.82 Å². The van der Waals surface area contributed by atoms with E-state index in [-0.39, 0.29) is 0 Å². The number of nitrogens with one attached hydrogen (secondary N) is 1. The summed E-state index contributed by atoms with van der Waals surface area (Å²) < 4.78 is 7.30. The summed E-state index contributed by atoms with van der Waals surface area (Å²) in [5.74, 6) is 1.79. The van der Waals surface area contributed by atoms with Gasteiger partial charge in [0.15, 0.2) is 5.65 Å². The first-order chi connectivity index (χ1) is 14.7. The molecule has 3 N–H and O–H groups in total. The van der Waals surface area contributed by atoms with E-state index in [1.165, 1.54) is 32.4 Å². The van der Waals surface area contributed by atoms with E-state index < -0.39 is 0 Å². The van der Waals surface area contributed by atoms with Crippen molar-refractivity contribution in [2.24, 2.45) is 0 Å². The highest BCUT2D eigenvalue weighted by Gasteiger charge is 2.29. The maximum atomic E-state index is 5.83. The van der Waals surface area contributed by atoms with Crippen molar-refractivity contribution < 1.29 is 4.74 Å². The van der Waals surface area contributed by atoms with E-state index in [9.17, 15) is 0 Å². The quantitative estimate of drug-likeness (QED) is 0.667. The number of hydrogen-bond acceptors (Lipinski definition) is 6. The molecule has 0 radical (unpaired) electrons. The van der Waals surface area contributed by atoms with Crippen LogP contribution in [0.2, 0.25) is 0 Å². The third kappa shape index (κ3) is 5.08. The van der Waals surface area contributed by atoms with Crippen LogP contribution in [0.5, 0.6) is 5.75 Å². The second-order valence-electron chi connectivity index (χ2n) is 7.50. The highest BCUT2D eigenvalue weighted by atomic mass is 16.5. The van der Waals surface area contributed by atoms with Crippen LogP contribution < -0.4 is 15.8 Å². The zero-order valence-corrected chi connectivity index (χ0v) is 18.6. The van der Waals surface area contributed by atoms with Gasteiger partial charge in [0.25, 0.3) is 0 Å². The van der Waals surface area contributed by atoms with E-state index in [0.29, 0.717) is 11.7 Å². The van der Waals surface area contributed by atoms with Crippen molar-refractivity contribution in [2.45, 2.75) is 58.8 Å². The number of nitrogens with two attached hydrogens (primary N) is 1. The molecule has 0 bridgehead atoms. The lowest BCUT2D eigenvalue weighted by molar-refractivity contribution is 0.405. The van der Waals surface area contributed by atoms with Crippen LogP contribution in [0.15, 0.2) is 24.4 Å². The molecule has 1 aliphatic carbocycles. The molecule has 0 unspecified atom stereocenters. The Hall–Kier alpha value is -2.67. The van der Waals surface area contributed by atoms with E-state index in [1.807, 2.05) is 37.4 Å². The molecule has 2 fully saturated rings. The summed E-state index contributed by atoms with van der Waals surface area (Å²) in [4.78, 5) is 8.88. The van der Waals surface area contributed by atoms with Gasteiger partial charge in [-0.2, -0.15) is 5.10 Å². The van der Waals surface area contributed by atoms with Gasteiger partial charge in [-0.3, -0.25) is 0 Å². The number of ether oxygens (including phenoxy) is 1. The zero-order chi connectivity index (χ0) is 21.5. The Kier molecular flexibility index (Phi) is 7.63. The van der Waals surface area contributed by atoms with Crippen molar-refractivity contribution in [3.63, 3.8) is 0 Å². The molecule has 7 heteroatoms. The number of imidazole rings is 1. The number of hydrogen-bond donors (Lipinski definition) is 2. The smallest absolute Gasteiger partial charge is 0.157 e. The van der Waals surface area contributed by atoms with E-state index in [1.54, 1.807) is 19.4 Å². The van der Waals surface area contributed by atoms with Gasteiger partial charge < -0.3 is 15.8 Å². The highest BCUT2D eigenvalue weighted by molar-refractivity contribution is 5.65. The molecule has 0 atom stereocenters. The monoisotopic (exact) mass is 410 g/mol. The number of methoxy groups -OCH3 is 1. The van der Waals surface area contributed by atoms with Crippen molar-refractivity contribution in [1.29, 1.82) is 0 Å². The number of rotatable bonds is 3. The standard InChI is InChI=1S/C16H17N5O.C5H11N.C2H6/c1-9-3-6-13(17)19-15(9)11-8-18-14-7-12(22-2)16(10-4-5-10)20-21(11)14;1-2-4-6-5-3-1;1-2/h3,6-8,10H,4-5H2,1-2H3,(H2,17,19);6H,1-5H2;1-2H3. The molecule has 3 aromatic heterocycles. The largest absolute Gasteiger partial charge is 0.495 e. The fourth-order valence-electron chi connectivity index (χ4n) is 3.48. The molecule has 7 nitrogen and oxygen atoms in total. The molecular formula is C23H34N6O. The van der Waals surface area contributed by atoms with Gasteiger partial charge in [-0.15, -0.1) is 0 Å². The second kappa shape index (κ2) is 10.4. The molecule has 0 spiro atoms. The predicted octanol–water partition coefficient (Wildman–Crippen LogP) is 4.35. The molecule has 1 aliphatic heterocycles. The Labute approximate surface area is 179 Å². The van der Waals surface area contributed by atoms with Crippen LogP contribution in [0.25, 0.3) is 17.0 Å². The number of piperidine rings is 1. The van der Waals surface area contributed by atoms with Crippen molar-refractivity contribution in [3.05, 3.63) is 35.7 Å². The summed E-state index contributed by atoms with van der Waals surface area (Å²) in [6.07, 6.45) is 8.32. The predicted molar refractivity (Wildman–Crippen MR) is 122 cm³/mol. The number of fused-ring (bicyclic) bond motifs is 1. The maximum absolute atomic E-state index is 5.83. The summed E-state index contributed by atoms with van der Waals surface area (Å²) in [6.45, 7) is 8.51.